The van der Waals surface area contributed by atoms with Gasteiger partial charge in [-0.15, -0.1) is 0 Å². The van der Waals surface area contributed by atoms with Gasteiger partial charge in [0.25, 0.3) is 0 Å². The second-order valence-corrected chi connectivity index (χ2v) is 8.68. The molecule has 142 valence electrons. The van der Waals surface area contributed by atoms with Gasteiger partial charge < -0.3 is 5.11 Å². The first-order chi connectivity index (χ1) is 12.0. The predicted molar refractivity (Wildman–Crippen MR) is 101 cm³/mol. The first-order valence-corrected chi connectivity index (χ1v) is 11.0. The van der Waals surface area contributed by atoms with E-state index in [4.69, 9.17) is 5.11 Å². The highest BCUT2D eigenvalue weighted by Gasteiger charge is 2.32. The summed E-state index contributed by atoms with van der Waals surface area (Å²) in [6.45, 7) is 2.25. The number of benzene rings is 1. The Labute approximate surface area is 152 Å². The smallest absolute Gasteiger partial charge is 0.188 e. The van der Waals surface area contributed by atoms with E-state index < -0.39 is 15.1 Å². The molecule has 0 radical (unpaired) electrons. The molecule has 0 spiro atoms. The van der Waals surface area contributed by atoms with Crippen LogP contribution in [0.5, 0.6) is 0 Å². The molecule has 4 nitrogen and oxygen atoms in total. The lowest BCUT2D eigenvalue weighted by Gasteiger charge is -2.17. The van der Waals surface area contributed by atoms with Gasteiger partial charge in [0, 0.05) is 13.0 Å². The van der Waals surface area contributed by atoms with Crippen LogP contribution in [-0.4, -0.2) is 31.2 Å². The minimum Gasteiger partial charge on any atom is -0.396 e. The molecule has 1 atom stereocenters. The second kappa shape index (κ2) is 12.2. The van der Waals surface area contributed by atoms with Gasteiger partial charge in [0.15, 0.2) is 15.6 Å². The summed E-state index contributed by atoms with van der Waals surface area (Å²) in [5, 5.41) is 7.89. The molecule has 1 aromatic carbocycles. The molecule has 0 aliphatic rings. The van der Waals surface area contributed by atoms with Gasteiger partial charge in [-0.3, -0.25) is 4.79 Å². The summed E-state index contributed by atoms with van der Waals surface area (Å²) in [6, 6.07) is 8.29. The molecule has 1 unspecified atom stereocenters. The van der Waals surface area contributed by atoms with Gasteiger partial charge in [-0.1, -0.05) is 63.6 Å². The summed E-state index contributed by atoms with van der Waals surface area (Å²) < 4.78 is 25.8. The van der Waals surface area contributed by atoms with Gasteiger partial charge in [-0.2, -0.15) is 0 Å². The number of hydrogen-bond donors (Lipinski definition) is 1. The Morgan fingerprint density at radius 3 is 2.24 bits per heavy atom. The molecule has 0 saturated carbocycles. The van der Waals surface area contributed by atoms with Crippen LogP contribution in [0.25, 0.3) is 0 Å². The van der Waals surface area contributed by atoms with E-state index in [1.165, 1.54) is 0 Å². The lowest BCUT2D eigenvalue weighted by molar-refractivity contribution is -0.118. The number of aliphatic hydroxyl groups excluding tert-OH is 1. The van der Waals surface area contributed by atoms with Crippen LogP contribution in [0.1, 0.15) is 71.1 Å². The minimum atomic E-state index is -3.63. The molecule has 0 heterocycles. The molecule has 1 aromatic rings. The molecular formula is C20H32O4S. The summed E-state index contributed by atoms with van der Waals surface area (Å²) in [5.74, 6) is -0.183. The molecule has 25 heavy (non-hydrogen) atoms. The third-order valence-corrected chi connectivity index (χ3v) is 6.63. The van der Waals surface area contributed by atoms with E-state index in [0.29, 0.717) is 19.3 Å². The van der Waals surface area contributed by atoms with Crippen molar-refractivity contribution in [3.63, 3.8) is 0 Å². The number of unbranched alkanes of at least 4 members (excludes halogenated alkanes) is 6. The third kappa shape index (κ3) is 7.70. The zero-order valence-electron chi connectivity index (χ0n) is 15.3. The van der Waals surface area contributed by atoms with Crippen LogP contribution in [-0.2, 0) is 14.6 Å². The molecule has 0 aromatic heterocycles. The van der Waals surface area contributed by atoms with Crippen molar-refractivity contribution in [1.29, 1.82) is 0 Å². The van der Waals surface area contributed by atoms with Crippen LogP contribution >= 0.6 is 0 Å². The van der Waals surface area contributed by atoms with Gasteiger partial charge >= 0.3 is 0 Å². The average molecular weight is 369 g/mol. The monoisotopic (exact) mass is 368 g/mol. The molecule has 1 N–H and O–H groups in total. The Bertz CT molecular complexity index is 581. The zero-order chi connectivity index (χ0) is 18.5. The number of rotatable bonds is 14. The SMILES string of the molecule is CCCCCCCC(C(=O)CCCCCO)S(=O)(=O)c1ccccc1. The van der Waals surface area contributed by atoms with Crippen LogP contribution in [0, 0.1) is 0 Å². The molecule has 0 bridgehead atoms. The maximum atomic E-state index is 12.9. The summed E-state index contributed by atoms with van der Waals surface area (Å²) in [7, 11) is -3.63. The van der Waals surface area contributed by atoms with Crippen molar-refractivity contribution in [2.24, 2.45) is 0 Å². The summed E-state index contributed by atoms with van der Waals surface area (Å²) >= 11 is 0. The summed E-state index contributed by atoms with van der Waals surface area (Å²) in [6.07, 6.45) is 7.80. The molecule has 5 heteroatoms. The number of ketones is 1. The normalized spacial score (nSPS) is 12.9. The fourth-order valence-corrected chi connectivity index (χ4v) is 4.75. The standard InChI is InChI=1S/C20H32O4S/c1-2-3-4-5-11-16-20(19(22)15-10-7-12-17-21)25(23,24)18-13-8-6-9-14-18/h6,8-9,13-14,20-21H,2-5,7,10-12,15-17H2,1H3. The fourth-order valence-electron chi connectivity index (χ4n) is 2.95. The van der Waals surface area contributed by atoms with Gasteiger partial charge in [-0.25, -0.2) is 8.42 Å². The van der Waals surface area contributed by atoms with Gasteiger partial charge in [-0.05, 0) is 31.4 Å². The van der Waals surface area contributed by atoms with Gasteiger partial charge in [0.2, 0.25) is 0 Å². The van der Waals surface area contributed by atoms with E-state index in [-0.39, 0.29) is 23.7 Å². The molecule has 0 aliphatic carbocycles. The zero-order valence-corrected chi connectivity index (χ0v) is 16.1. The first-order valence-electron chi connectivity index (χ1n) is 9.46. The van der Waals surface area contributed by atoms with Crippen LogP contribution in [0.3, 0.4) is 0 Å². The number of sulfone groups is 1. The first kappa shape index (κ1) is 21.8. The van der Waals surface area contributed by atoms with Crippen molar-refractivity contribution >= 4 is 15.6 Å². The summed E-state index contributed by atoms with van der Waals surface area (Å²) in [4.78, 5) is 12.8. The quantitative estimate of drug-likeness (QED) is 0.497. The van der Waals surface area contributed by atoms with Crippen LogP contribution in [0.4, 0.5) is 0 Å². The highest BCUT2D eigenvalue weighted by Crippen LogP contribution is 2.23. The lowest BCUT2D eigenvalue weighted by atomic mass is 10.0. The molecule has 0 amide bonds. The number of carbonyl (C=O) groups is 1. The molecule has 0 fully saturated rings. The molecule has 0 saturated heterocycles. The van der Waals surface area contributed by atoms with E-state index in [0.717, 1.165) is 38.5 Å². The third-order valence-electron chi connectivity index (χ3n) is 4.46. The molecular weight excluding hydrogens is 336 g/mol. The molecule has 1 rings (SSSR count). The lowest BCUT2D eigenvalue weighted by Crippen LogP contribution is -2.30. The minimum absolute atomic E-state index is 0.108. The molecule has 0 aliphatic heterocycles. The maximum Gasteiger partial charge on any atom is 0.188 e. The number of carbonyl (C=O) groups excluding carboxylic acids is 1. The van der Waals surface area contributed by atoms with E-state index in [1.807, 2.05) is 0 Å². The van der Waals surface area contributed by atoms with Gasteiger partial charge in [0.05, 0.1) is 4.90 Å². The number of hydrogen-bond acceptors (Lipinski definition) is 4. The predicted octanol–water partition coefficient (Wildman–Crippen LogP) is 4.31. The van der Waals surface area contributed by atoms with Crippen molar-refractivity contribution in [2.75, 3.05) is 6.61 Å². The Balaban J connectivity index is 2.77. The van der Waals surface area contributed by atoms with Crippen LogP contribution in [0.2, 0.25) is 0 Å². The topological polar surface area (TPSA) is 71.4 Å². The van der Waals surface area contributed by atoms with Crippen LogP contribution in [0.15, 0.2) is 35.2 Å². The maximum absolute atomic E-state index is 12.9. The van der Waals surface area contributed by atoms with Crippen molar-refractivity contribution in [3.8, 4) is 0 Å². The average Bonchev–Trinajstić information content (AvgIpc) is 2.62. The second-order valence-electron chi connectivity index (χ2n) is 6.55. The van der Waals surface area contributed by atoms with Crippen molar-refractivity contribution in [1.82, 2.24) is 0 Å². The highest BCUT2D eigenvalue weighted by molar-refractivity contribution is 7.92. The fraction of sp³-hybridized carbons (Fsp3) is 0.650. The largest absolute Gasteiger partial charge is 0.396 e. The number of aliphatic hydroxyl groups is 1. The number of Topliss-reactive ketones (excluding diaryl/α,β-unsaturated/α-hetero) is 1. The van der Waals surface area contributed by atoms with Crippen LogP contribution < -0.4 is 0 Å². The van der Waals surface area contributed by atoms with E-state index in [1.54, 1.807) is 30.3 Å². The Hall–Kier alpha value is -1.20. The van der Waals surface area contributed by atoms with Crippen molar-refractivity contribution in [3.05, 3.63) is 30.3 Å². The Morgan fingerprint density at radius 2 is 1.60 bits per heavy atom. The Morgan fingerprint density at radius 1 is 0.960 bits per heavy atom. The summed E-state index contributed by atoms with van der Waals surface area (Å²) in [5.41, 5.74) is 0. The van der Waals surface area contributed by atoms with E-state index in [2.05, 4.69) is 6.92 Å². The van der Waals surface area contributed by atoms with Gasteiger partial charge in [0.1, 0.15) is 5.25 Å². The van der Waals surface area contributed by atoms with Crippen molar-refractivity contribution in [2.45, 2.75) is 81.3 Å². The highest BCUT2D eigenvalue weighted by atomic mass is 32.2. The van der Waals surface area contributed by atoms with E-state index in [9.17, 15) is 13.2 Å². The van der Waals surface area contributed by atoms with E-state index >= 15 is 0 Å². The Kier molecular flexibility index (Phi) is 10.7. The van der Waals surface area contributed by atoms with Crippen molar-refractivity contribution < 1.29 is 18.3 Å².